The molecule has 0 aromatic heterocycles. The van der Waals surface area contributed by atoms with E-state index >= 15 is 0 Å². The standard InChI is InChI=1S/C13H22F2/c1-10(2)11(3)9-12(4)5-7-13(14,15)8-6-12/h10H,3,5-9H2,1-2,4H3. The Morgan fingerprint density at radius 2 is 1.67 bits per heavy atom. The first-order valence-corrected chi connectivity index (χ1v) is 5.80. The Kier molecular flexibility index (Phi) is 3.57. The lowest BCUT2D eigenvalue weighted by Crippen LogP contribution is -2.31. The molecule has 2 heteroatoms. The Bertz CT molecular complexity index is 231. The average molecular weight is 216 g/mol. The van der Waals surface area contributed by atoms with E-state index in [0.717, 1.165) is 6.42 Å². The van der Waals surface area contributed by atoms with Crippen molar-refractivity contribution in [1.82, 2.24) is 0 Å². The van der Waals surface area contributed by atoms with Crippen molar-refractivity contribution in [3.05, 3.63) is 12.2 Å². The van der Waals surface area contributed by atoms with E-state index < -0.39 is 5.92 Å². The summed E-state index contributed by atoms with van der Waals surface area (Å²) in [6.07, 6.45) is 2.27. The summed E-state index contributed by atoms with van der Waals surface area (Å²) < 4.78 is 26.0. The van der Waals surface area contributed by atoms with Gasteiger partial charge in [-0.05, 0) is 30.6 Å². The maximum Gasteiger partial charge on any atom is 0.248 e. The Morgan fingerprint density at radius 1 is 1.20 bits per heavy atom. The molecule has 0 aliphatic heterocycles. The molecule has 0 N–H and O–H groups in total. The molecule has 1 aliphatic rings. The second kappa shape index (κ2) is 4.23. The maximum atomic E-state index is 13.0. The van der Waals surface area contributed by atoms with Crippen molar-refractivity contribution in [1.29, 1.82) is 0 Å². The molecule has 0 aromatic carbocycles. The predicted octanol–water partition coefficient (Wildman–Crippen LogP) is 4.80. The number of alkyl halides is 2. The van der Waals surface area contributed by atoms with Crippen LogP contribution < -0.4 is 0 Å². The van der Waals surface area contributed by atoms with E-state index in [0.29, 0.717) is 18.8 Å². The number of hydrogen-bond donors (Lipinski definition) is 0. The topological polar surface area (TPSA) is 0 Å². The highest BCUT2D eigenvalue weighted by molar-refractivity contribution is 5.03. The minimum absolute atomic E-state index is 0.0505. The van der Waals surface area contributed by atoms with Gasteiger partial charge in [0.15, 0.2) is 0 Å². The largest absolute Gasteiger partial charge is 0.248 e. The minimum atomic E-state index is -2.42. The van der Waals surface area contributed by atoms with Gasteiger partial charge in [0, 0.05) is 12.8 Å². The summed E-state index contributed by atoms with van der Waals surface area (Å²) in [6.45, 7) is 10.4. The van der Waals surface area contributed by atoms with E-state index in [9.17, 15) is 8.78 Å². The van der Waals surface area contributed by atoms with E-state index in [1.165, 1.54) is 5.57 Å². The molecule has 0 unspecified atom stereocenters. The van der Waals surface area contributed by atoms with Crippen molar-refractivity contribution in [3.8, 4) is 0 Å². The first-order valence-electron chi connectivity index (χ1n) is 5.80. The SMILES string of the molecule is C=C(CC1(C)CCC(F)(F)CC1)C(C)C. The molecule has 0 nitrogen and oxygen atoms in total. The van der Waals surface area contributed by atoms with Gasteiger partial charge in [0.25, 0.3) is 0 Å². The molecule has 0 heterocycles. The van der Waals surface area contributed by atoms with Gasteiger partial charge in [0.05, 0.1) is 0 Å². The van der Waals surface area contributed by atoms with Crippen molar-refractivity contribution in [2.45, 2.75) is 58.8 Å². The van der Waals surface area contributed by atoms with Crippen LogP contribution in [-0.2, 0) is 0 Å². The molecule has 1 fully saturated rings. The molecule has 15 heavy (non-hydrogen) atoms. The quantitative estimate of drug-likeness (QED) is 0.594. The van der Waals surface area contributed by atoms with Crippen LogP contribution in [0.3, 0.4) is 0 Å². The van der Waals surface area contributed by atoms with Crippen molar-refractivity contribution in [3.63, 3.8) is 0 Å². The molecule has 88 valence electrons. The molecule has 1 rings (SSSR count). The Morgan fingerprint density at radius 3 is 2.07 bits per heavy atom. The first-order chi connectivity index (χ1) is 6.74. The van der Waals surface area contributed by atoms with Crippen molar-refractivity contribution >= 4 is 0 Å². The molecule has 0 bridgehead atoms. The van der Waals surface area contributed by atoms with Crippen LogP contribution in [-0.4, -0.2) is 5.92 Å². The smallest absolute Gasteiger partial charge is 0.207 e. The molecule has 0 radical (unpaired) electrons. The third-order valence-electron chi connectivity index (χ3n) is 3.66. The molecule has 0 amide bonds. The van der Waals surface area contributed by atoms with E-state index in [4.69, 9.17) is 0 Å². The fourth-order valence-electron chi connectivity index (χ4n) is 2.15. The van der Waals surface area contributed by atoms with Crippen LogP contribution >= 0.6 is 0 Å². The lowest BCUT2D eigenvalue weighted by molar-refractivity contribution is -0.0635. The van der Waals surface area contributed by atoms with E-state index in [1.54, 1.807) is 0 Å². The highest BCUT2D eigenvalue weighted by Gasteiger charge is 2.40. The summed E-state index contributed by atoms with van der Waals surface area (Å²) in [6, 6.07) is 0. The molecule has 0 spiro atoms. The number of halogens is 2. The summed E-state index contributed by atoms with van der Waals surface area (Å²) >= 11 is 0. The van der Waals surface area contributed by atoms with Gasteiger partial charge < -0.3 is 0 Å². The summed E-state index contributed by atoms with van der Waals surface area (Å²) in [5, 5.41) is 0. The summed E-state index contributed by atoms with van der Waals surface area (Å²) in [5.41, 5.74) is 1.26. The van der Waals surface area contributed by atoms with Gasteiger partial charge in [-0.1, -0.05) is 32.9 Å². The van der Waals surface area contributed by atoms with Gasteiger partial charge in [-0.3, -0.25) is 0 Å². The highest BCUT2D eigenvalue weighted by Crippen LogP contribution is 2.46. The third-order valence-corrected chi connectivity index (χ3v) is 3.66. The average Bonchev–Trinajstić information content (AvgIpc) is 2.11. The highest BCUT2D eigenvalue weighted by atomic mass is 19.3. The summed E-state index contributed by atoms with van der Waals surface area (Å²) in [4.78, 5) is 0. The molecule has 0 saturated heterocycles. The second-order valence-corrected chi connectivity index (χ2v) is 5.66. The molecule has 1 aliphatic carbocycles. The van der Waals surface area contributed by atoms with Crippen molar-refractivity contribution in [2.24, 2.45) is 11.3 Å². The third kappa shape index (κ3) is 3.58. The van der Waals surface area contributed by atoms with Crippen molar-refractivity contribution in [2.75, 3.05) is 0 Å². The Labute approximate surface area is 91.8 Å². The van der Waals surface area contributed by atoms with Gasteiger partial charge in [-0.2, -0.15) is 0 Å². The van der Waals surface area contributed by atoms with Gasteiger partial charge in [0.2, 0.25) is 5.92 Å². The monoisotopic (exact) mass is 216 g/mol. The zero-order valence-electron chi connectivity index (χ0n) is 10.1. The lowest BCUT2D eigenvalue weighted by atomic mass is 9.70. The summed E-state index contributed by atoms with van der Waals surface area (Å²) in [7, 11) is 0. The lowest BCUT2D eigenvalue weighted by Gasteiger charge is -2.38. The normalized spacial score (nSPS) is 24.1. The Balaban J connectivity index is 2.52. The zero-order valence-corrected chi connectivity index (χ0v) is 10.1. The molecule has 1 saturated carbocycles. The summed E-state index contributed by atoms with van der Waals surface area (Å²) in [5.74, 6) is -1.96. The fourth-order valence-corrected chi connectivity index (χ4v) is 2.15. The van der Waals surface area contributed by atoms with Crippen molar-refractivity contribution < 1.29 is 8.78 Å². The zero-order chi connectivity index (χ0) is 11.7. The van der Waals surface area contributed by atoms with Gasteiger partial charge in [0.1, 0.15) is 0 Å². The second-order valence-electron chi connectivity index (χ2n) is 5.66. The Hall–Kier alpha value is -0.400. The van der Waals surface area contributed by atoms with Crippen LogP contribution in [0.25, 0.3) is 0 Å². The van der Waals surface area contributed by atoms with E-state index in [-0.39, 0.29) is 18.3 Å². The van der Waals surface area contributed by atoms with Crippen LogP contribution in [0.5, 0.6) is 0 Å². The van der Waals surface area contributed by atoms with E-state index in [2.05, 4.69) is 27.4 Å². The minimum Gasteiger partial charge on any atom is -0.207 e. The molecular weight excluding hydrogens is 194 g/mol. The van der Waals surface area contributed by atoms with Gasteiger partial charge in [-0.25, -0.2) is 8.78 Å². The maximum absolute atomic E-state index is 13.0. The number of allylic oxidation sites excluding steroid dienone is 1. The number of hydrogen-bond acceptors (Lipinski definition) is 0. The van der Waals surface area contributed by atoms with E-state index in [1.807, 2.05) is 0 Å². The first kappa shape index (κ1) is 12.7. The predicted molar refractivity (Wildman–Crippen MR) is 60.1 cm³/mol. The van der Waals surface area contributed by atoms with Crippen LogP contribution in [0.4, 0.5) is 8.78 Å². The molecule has 0 aromatic rings. The van der Waals surface area contributed by atoms with Crippen LogP contribution in [0.15, 0.2) is 12.2 Å². The molecular formula is C13H22F2. The molecule has 0 atom stereocenters. The van der Waals surface area contributed by atoms with Crippen LogP contribution in [0.1, 0.15) is 52.9 Å². The van der Waals surface area contributed by atoms with Gasteiger partial charge >= 0.3 is 0 Å². The number of rotatable bonds is 3. The fraction of sp³-hybridized carbons (Fsp3) is 0.846. The van der Waals surface area contributed by atoms with Gasteiger partial charge in [-0.15, -0.1) is 0 Å². The van der Waals surface area contributed by atoms with Crippen LogP contribution in [0, 0.1) is 11.3 Å². The van der Waals surface area contributed by atoms with Crippen LogP contribution in [0.2, 0.25) is 0 Å².